The Morgan fingerprint density at radius 2 is 1.67 bits per heavy atom. The van der Waals surface area contributed by atoms with Crippen LogP contribution >= 0.6 is 0 Å². The Morgan fingerprint density at radius 1 is 1.07 bits per heavy atom. The Balaban J connectivity index is 1.43. The van der Waals surface area contributed by atoms with Gasteiger partial charge in [-0.05, 0) is 42.0 Å². The van der Waals surface area contributed by atoms with E-state index in [0.29, 0.717) is 19.4 Å². The van der Waals surface area contributed by atoms with Crippen molar-refractivity contribution in [2.24, 2.45) is 0 Å². The van der Waals surface area contributed by atoms with Gasteiger partial charge in [0.1, 0.15) is 6.61 Å². The molecule has 0 saturated carbocycles. The largest absolute Gasteiger partial charge is 0.449 e. The maximum atomic E-state index is 12.1. The molecule has 0 saturated heterocycles. The number of hydrogen-bond acceptors (Lipinski definition) is 4. The van der Waals surface area contributed by atoms with Gasteiger partial charge >= 0.3 is 6.09 Å². The average Bonchev–Trinajstić information content (AvgIpc) is 3.07. The number of amides is 2. The molecule has 2 aromatic carbocycles. The number of carbonyl (C=O) groups is 2. The van der Waals surface area contributed by atoms with Gasteiger partial charge in [0.05, 0.1) is 12.1 Å². The van der Waals surface area contributed by atoms with E-state index in [1.807, 2.05) is 31.2 Å². The molecule has 2 atom stereocenters. The predicted molar refractivity (Wildman–Crippen MR) is 116 cm³/mol. The molecule has 160 valence electrons. The molecule has 0 spiro atoms. The second-order valence-electron chi connectivity index (χ2n) is 7.68. The molecule has 2 amide bonds. The van der Waals surface area contributed by atoms with Gasteiger partial charge in [0.15, 0.2) is 0 Å². The second kappa shape index (κ2) is 10.3. The molecule has 3 rings (SSSR count). The van der Waals surface area contributed by atoms with Gasteiger partial charge in [-0.3, -0.25) is 4.79 Å². The summed E-state index contributed by atoms with van der Waals surface area (Å²) in [4.78, 5) is 24.0. The lowest BCUT2D eigenvalue weighted by molar-refractivity contribution is -0.122. The summed E-state index contributed by atoms with van der Waals surface area (Å²) < 4.78 is 5.48. The Kier molecular flexibility index (Phi) is 7.46. The highest BCUT2D eigenvalue weighted by molar-refractivity contribution is 5.79. The van der Waals surface area contributed by atoms with Crippen LogP contribution in [0.5, 0.6) is 0 Å². The Labute approximate surface area is 177 Å². The van der Waals surface area contributed by atoms with E-state index in [0.717, 1.165) is 0 Å². The number of fused-ring (bicyclic) bond motifs is 3. The lowest BCUT2D eigenvalue weighted by atomic mass is 9.98. The molecule has 6 nitrogen and oxygen atoms in total. The van der Waals surface area contributed by atoms with Crippen molar-refractivity contribution in [2.75, 3.05) is 13.2 Å². The van der Waals surface area contributed by atoms with Gasteiger partial charge < -0.3 is 20.5 Å². The molecule has 0 radical (unpaired) electrons. The lowest BCUT2D eigenvalue weighted by Gasteiger charge is -2.19. The summed E-state index contributed by atoms with van der Waals surface area (Å²) in [5.41, 5.74) is 4.73. The molecule has 0 bridgehead atoms. The molecule has 3 N–H and O–H groups in total. The highest BCUT2D eigenvalue weighted by atomic mass is 16.5. The summed E-state index contributed by atoms with van der Waals surface area (Å²) in [6, 6.07) is 16.2. The van der Waals surface area contributed by atoms with Crippen molar-refractivity contribution >= 4 is 12.0 Å². The molecule has 1 aliphatic rings. The van der Waals surface area contributed by atoms with Crippen molar-refractivity contribution in [1.82, 2.24) is 10.6 Å². The number of hydrogen-bond donors (Lipinski definition) is 3. The highest BCUT2D eigenvalue weighted by Crippen LogP contribution is 2.44. The van der Waals surface area contributed by atoms with Gasteiger partial charge in [0.2, 0.25) is 5.91 Å². The molecular formula is C24H30N2O4. The predicted octanol–water partition coefficient (Wildman–Crippen LogP) is 3.58. The van der Waals surface area contributed by atoms with Gasteiger partial charge in [-0.1, -0.05) is 55.5 Å². The van der Waals surface area contributed by atoms with Crippen molar-refractivity contribution in [3.8, 4) is 11.1 Å². The number of ether oxygens (including phenoxy) is 1. The zero-order valence-electron chi connectivity index (χ0n) is 17.6. The standard InChI is InChI=1S/C24H30N2O4/c1-3-22(16(2)27)26-23(28)13-8-14-25-24(29)30-15-21-19-11-6-4-9-17(19)18-10-5-7-12-20(18)21/h4-7,9-12,16,21-22,27H,3,8,13-15H2,1-2H3,(H,25,29)(H,26,28). The van der Waals surface area contributed by atoms with E-state index in [1.54, 1.807) is 6.92 Å². The molecule has 2 unspecified atom stereocenters. The van der Waals surface area contributed by atoms with E-state index in [2.05, 4.69) is 34.9 Å². The second-order valence-corrected chi connectivity index (χ2v) is 7.68. The van der Waals surface area contributed by atoms with Gasteiger partial charge in [0.25, 0.3) is 0 Å². The summed E-state index contributed by atoms with van der Waals surface area (Å²) in [7, 11) is 0. The van der Waals surface area contributed by atoms with Crippen LogP contribution in [-0.4, -0.2) is 42.4 Å². The lowest BCUT2D eigenvalue weighted by Crippen LogP contribution is -2.41. The molecule has 2 aromatic rings. The number of nitrogens with one attached hydrogen (secondary N) is 2. The fourth-order valence-corrected chi connectivity index (χ4v) is 3.93. The number of benzene rings is 2. The van der Waals surface area contributed by atoms with Gasteiger partial charge in [-0.25, -0.2) is 4.79 Å². The maximum Gasteiger partial charge on any atom is 0.407 e. The number of rotatable bonds is 9. The van der Waals surface area contributed by atoms with E-state index < -0.39 is 12.2 Å². The molecule has 0 aliphatic heterocycles. The van der Waals surface area contributed by atoms with Crippen LogP contribution in [0, 0.1) is 0 Å². The minimum absolute atomic E-state index is 0.0281. The van der Waals surface area contributed by atoms with Crippen molar-refractivity contribution in [1.29, 1.82) is 0 Å². The topological polar surface area (TPSA) is 87.7 Å². The Hall–Kier alpha value is -2.86. The summed E-state index contributed by atoms with van der Waals surface area (Å²) in [5, 5.41) is 15.1. The van der Waals surface area contributed by atoms with Crippen LogP contribution in [0.3, 0.4) is 0 Å². The Bertz CT molecular complexity index is 836. The highest BCUT2D eigenvalue weighted by Gasteiger charge is 2.28. The first-order valence-electron chi connectivity index (χ1n) is 10.6. The third kappa shape index (κ3) is 5.19. The van der Waals surface area contributed by atoms with Gasteiger partial charge in [0, 0.05) is 18.9 Å². The van der Waals surface area contributed by atoms with E-state index in [4.69, 9.17) is 4.74 Å². The minimum atomic E-state index is -0.585. The molecule has 6 heteroatoms. The van der Waals surface area contributed by atoms with Crippen LogP contribution in [0.25, 0.3) is 11.1 Å². The van der Waals surface area contributed by atoms with Crippen molar-refractivity contribution in [3.05, 3.63) is 59.7 Å². The van der Waals surface area contributed by atoms with Crippen molar-refractivity contribution < 1.29 is 19.4 Å². The number of alkyl carbamates (subject to hydrolysis) is 1. The summed E-state index contributed by atoms with van der Waals surface area (Å²) in [6.45, 7) is 4.20. The maximum absolute atomic E-state index is 12.1. The zero-order chi connectivity index (χ0) is 21.5. The number of aliphatic hydroxyl groups is 1. The monoisotopic (exact) mass is 410 g/mol. The van der Waals surface area contributed by atoms with E-state index in [9.17, 15) is 14.7 Å². The number of carbonyl (C=O) groups excluding carboxylic acids is 2. The first kappa shape index (κ1) is 21.8. The molecule has 0 heterocycles. The quantitative estimate of drug-likeness (QED) is 0.552. The number of aliphatic hydroxyl groups excluding tert-OH is 1. The van der Waals surface area contributed by atoms with Crippen molar-refractivity contribution in [2.45, 2.75) is 51.2 Å². The normalized spacial score (nSPS) is 14.4. The zero-order valence-corrected chi connectivity index (χ0v) is 17.6. The van der Waals surface area contributed by atoms with Crippen LogP contribution in [-0.2, 0) is 9.53 Å². The third-order valence-electron chi connectivity index (χ3n) is 5.56. The van der Waals surface area contributed by atoms with Crippen molar-refractivity contribution in [3.63, 3.8) is 0 Å². The van der Waals surface area contributed by atoms with Gasteiger partial charge in [-0.15, -0.1) is 0 Å². The van der Waals surface area contributed by atoms with E-state index >= 15 is 0 Å². The summed E-state index contributed by atoms with van der Waals surface area (Å²) in [5.74, 6) is -0.0996. The van der Waals surface area contributed by atoms with Crippen LogP contribution in [0.2, 0.25) is 0 Å². The SMILES string of the molecule is CCC(NC(=O)CCCNC(=O)OCC1c2ccccc2-c2ccccc21)C(C)O. The Morgan fingerprint density at radius 3 is 2.23 bits per heavy atom. The molecule has 0 aromatic heterocycles. The smallest absolute Gasteiger partial charge is 0.407 e. The molecule has 30 heavy (non-hydrogen) atoms. The van der Waals surface area contributed by atoms with Crippen LogP contribution in [0.1, 0.15) is 50.2 Å². The summed E-state index contributed by atoms with van der Waals surface area (Å²) >= 11 is 0. The van der Waals surface area contributed by atoms with Crippen LogP contribution in [0.4, 0.5) is 4.79 Å². The van der Waals surface area contributed by atoms with E-state index in [1.165, 1.54) is 22.3 Å². The first-order valence-corrected chi connectivity index (χ1v) is 10.6. The van der Waals surface area contributed by atoms with Crippen LogP contribution in [0.15, 0.2) is 48.5 Å². The fourth-order valence-electron chi connectivity index (χ4n) is 3.93. The molecular weight excluding hydrogens is 380 g/mol. The summed E-state index contributed by atoms with van der Waals surface area (Å²) in [6.07, 6.45) is 0.395. The third-order valence-corrected chi connectivity index (χ3v) is 5.56. The minimum Gasteiger partial charge on any atom is -0.449 e. The van der Waals surface area contributed by atoms with E-state index in [-0.39, 0.29) is 30.9 Å². The first-order chi connectivity index (χ1) is 14.5. The molecule has 1 aliphatic carbocycles. The van der Waals surface area contributed by atoms with Crippen LogP contribution < -0.4 is 10.6 Å². The van der Waals surface area contributed by atoms with Gasteiger partial charge in [-0.2, -0.15) is 0 Å². The fraction of sp³-hybridized carbons (Fsp3) is 0.417. The average molecular weight is 411 g/mol. The molecule has 0 fully saturated rings.